The van der Waals surface area contributed by atoms with Gasteiger partial charge in [-0.15, -0.1) is 0 Å². The van der Waals surface area contributed by atoms with Crippen LogP contribution < -0.4 is 10.5 Å². The van der Waals surface area contributed by atoms with Crippen molar-refractivity contribution in [3.63, 3.8) is 0 Å². The number of aromatic nitrogens is 2. The summed E-state index contributed by atoms with van der Waals surface area (Å²) in [6.07, 6.45) is 1.96. The average molecular weight is 334 g/mol. The SMILES string of the molecule is O=C([C@@H]1CCCO1)N1CCc2nc(N3CCOCC3)[nH]c(=O)c2C1. The molecule has 0 bridgehead atoms. The molecule has 8 nitrogen and oxygen atoms in total. The standard InChI is InChI=1S/C16H22N4O4/c21-14-11-10-20(15(22)13-2-1-7-24-13)4-3-12(11)17-16(18-14)19-5-8-23-9-6-19/h13H,1-10H2,(H,17,18,21)/t13-/m0/s1. The summed E-state index contributed by atoms with van der Waals surface area (Å²) in [5.74, 6) is 0.607. The monoisotopic (exact) mass is 334 g/mol. The summed E-state index contributed by atoms with van der Waals surface area (Å²) < 4.78 is 10.8. The number of hydrogen-bond donors (Lipinski definition) is 1. The maximum absolute atomic E-state index is 12.5. The second-order valence-corrected chi connectivity index (χ2v) is 6.43. The summed E-state index contributed by atoms with van der Waals surface area (Å²) in [5, 5.41) is 0. The van der Waals surface area contributed by atoms with E-state index in [0.717, 1.165) is 31.6 Å². The molecule has 0 radical (unpaired) electrons. The number of rotatable bonds is 2. The van der Waals surface area contributed by atoms with Crippen molar-refractivity contribution >= 4 is 11.9 Å². The van der Waals surface area contributed by atoms with E-state index in [1.807, 2.05) is 4.90 Å². The van der Waals surface area contributed by atoms with Crippen molar-refractivity contribution in [2.45, 2.75) is 31.9 Å². The van der Waals surface area contributed by atoms with Crippen LogP contribution in [0.4, 0.5) is 5.95 Å². The molecule has 0 spiro atoms. The van der Waals surface area contributed by atoms with E-state index in [4.69, 9.17) is 9.47 Å². The highest BCUT2D eigenvalue weighted by atomic mass is 16.5. The van der Waals surface area contributed by atoms with Crippen molar-refractivity contribution in [1.29, 1.82) is 0 Å². The lowest BCUT2D eigenvalue weighted by Gasteiger charge is -2.31. The molecule has 24 heavy (non-hydrogen) atoms. The van der Waals surface area contributed by atoms with Crippen molar-refractivity contribution < 1.29 is 14.3 Å². The van der Waals surface area contributed by atoms with Crippen LogP contribution in [-0.4, -0.2) is 66.3 Å². The third kappa shape index (κ3) is 2.91. The Morgan fingerprint density at radius 3 is 2.79 bits per heavy atom. The summed E-state index contributed by atoms with van der Waals surface area (Å²) in [6.45, 7) is 4.29. The zero-order valence-electron chi connectivity index (χ0n) is 13.6. The van der Waals surface area contributed by atoms with Gasteiger partial charge in [0.2, 0.25) is 5.95 Å². The molecule has 1 N–H and O–H groups in total. The van der Waals surface area contributed by atoms with Gasteiger partial charge in [-0.2, -0.15) is 0 Å². The molecule has 0 unspecified atom stereocenters. The number of H-pyrrole nitrogens is 1. The third-order valence-electron chi connectivity index (χ3n) is 4.88. The number of carbonyl (C=O) groups excluding carboxylic acids is 1. The predicted molar refractivity (Wildman–Crippen MR) is 86.0 cm³/mol. The largest absolute Gasteiger partial charge is 0.378 e. The molecule has 0 saturated carbocycles. The number of hydrogen-bond acceptors (Lipinski definition) is 6. The smallest absolute Gasteiger partial charge is 0.257 e. The number of nitrogens with zero attached hydrogens (tertiary/aromatic N) is 3. The number of amides is 1. The van der Waals surface area contributed by atoms with E-state index in [1.54, 1.807) is 4.90 Å². The molecule has 1 aromatic heterocycles. The second kappa shape index (κ2) is 6.52. The lowest BCUT2D eigenvalue weighted by molar-refractivity contribution is -0.141. The molecule has 3 aliphatic rings. The fraction of sp³-hybridized carbons (Fsp3) is 0.688. The van der Waals surface area contributed by atoms with E-state index < -0.39 is 0 Å². The molecule has 1 aromatic rings. The van der Waals surface area contributed by atoms with Gasteiger partial charge in [0.15, 0.2) is 0 Å². The summed E-state index contributed by atoms with van der Waals surface area (Å²) >= 11 is 0. The maximum atomic E-state index is 12.5. The van der Waals surface area contributed by atoms with E-state index in [-0.39, 0.29) is 17.6 Å². The number of carbonyl (C=O) groups is 1. The third-order valence-corrected chi connectivity index (χ3v) is 4.88. The van der Waals surface area contributed by atoms with Crippen LogP contribution >= 0.6 is 0 Å². The quantitative estimate of drug-likeness (QED) is 0.797. The van der Waals surface area contributed by atoms with E-state index in [2.05, 4.69) is 9.97 Å². The summed E-state index contributed by atoms with van der Waals surface area (Å²) in [7, 11) is 0. The molecule has 1 amide bonds. The van der Waals surface area contributed by atoms with Gasteiger partial charge in [-0.25, -0.2) is 4.98 Å². The van der Waals surface area contributed by atoms with Crippen LogP contribution in [0.15, 0.2) is 4.79 Å². The zero-order valence-corrected chi connectivity index (χ0v) is 13.6. The van der Waals surface area contributed by atoms with Gasteiger partial charge in [0.05, 0.1) is 31.0 Å². The summed E-state index contributed by atoms with van der Waals surface area (Å²) in [4.78, 5) is 36.2. The van der Waals surface area contributed by atoms with Crippen LogP contribution in [0.2, 0.25) is 0 Å². The van der Waals surface area contributed by atoms with Gasteiger partial charge in [0, 0.05) is 32.7 Å². The number of anilines is 1. The topological polar surface area (TPSA) is 87.8 Å². The molecule has 4 heterocycles. The predicted octanol–water partition coefficient (Wildman–Crippen LogP) is -0.330. The minimum Gasteiger partial charge on any atom is -0.378 e. The first-order valence-corrected chi connectivity index (χ1v) is 8.57. The first kappa shape index (κ1) is 15.6. The minimum atomic E-state index is -0.341. The normalized spacial score (nSPS) is 24.1. The molecule has 2 fully saturated rings. The van der Waals surface area contributed by atoms with E-state index in [0.29, 0.717) is 50.8 Å². The molecule has 3 aliphatic heterocycles. The lowest BCUT2D eigenvalue weighted by Crippen LogP contribution is -2.45. The van der Waals surface area contributed by atoms with Crippen molar-refractivity contribution in [3.05, 3.63) is 21.6 Å². The van der Waals surface area contributed by atoms with Gasteiger partial charge in [0.1, 0.15) is 6.10 Å². The fourth-order valence-electron chi connectivity index (χ4n) is 3.50. The fourth-order valence-corrected chi connectivity index (χ4v) is 3.50. The minimum absolute atomic E-state index is 0.00481. The molecule has 0 aliphatic carbocycles. The molecule has 130 valence electrons. The Labute approximate surface area is 139 Å². The van der Waals surface area contributed by atoms with Gasteiger partial charge >= 0.3 is 0 Å². The van der Waals surface area contributed by atoms with Crippen molar-refractivity contribution in [3.8, 4) is 0 Å². The summed E-state index contributed by atoms with van der Waals surface area (Å²) in [6, 6.07) is 0. The van der Waals surface area contributed by atoms with Crippen LogP contribution in [0, 0.1) is 0 Å². The molecular formula is C16H22N4O4. The maximum Gasteiger partial charge on any atom is 0.257 e. The first-order valence-electron chi connectivity index (χ1n) is 8.57. The van der Waals surface area contributed by atoms with Gasteiger partial charge in [-0.1, -0.05) is 0 Å². The van der Waals surface area contributed by atoms with E-state index >= 15 is 0 Å². The van der Waals surface area contributed by atoms with Gasteiger partial charge in [-0.05, 0) is 12.8 Å². The van der Waals surface area contributed by atoms with E-state index in [1.165, 1.54) is 0 Å². The number of aromatic amines is 1. The van der Waals surface area contributed by atoms with Crippen molar-refractivity contribution in [2.75, 3.05) is 44.4 Å². The van der Waals surface area contributed by atoms with Gasteiger partial charge < -0.3 is 19.3 Å². The first-order chi connectivity index (χ1) is 11.7. The Kier molecular flexibility index (Phi) is 4.24. The van der Waals surface area contributed by atoms with Crippen molar-refractivity contribution in [1.82, 2.24) is 14.9 Å². The highest BCUT2D eigenvalue weighted by Crippen LogP contribution is 2.21. The molecule has 1 atom stereocenters. The Morgan fingerprint density at radius 2 is 2.04 bits per heavy atom. The van der Waals surface area contributed by atoms with Crippen LogP contribution in [0.25, 0.3) is 0 Å². The Bertz CT molecular complexity index is 677. The number of nitrogens with one attached hydrogen (secondary N) is 1. The summed E-state index contributed by atoms with van der Waals surface area (Å²) in [5.41, 5.74) is 1.26. The molecule has 4 rings (SSSR count). The molecule has 0 aromatic carbocycles. The van der Waals surface area contributed by atoms with Crippen LogP contribution in [0.5, 0.6) is 0 Å². The highest BCUT2D eigenvalue weighted by Gasteiger charge is 2.32. The highest BCUT2D eigenvalue weighted by molar-refractivity contribution is 5.81. The Balaban J connectivity index is 1.53. The van der Waals surface area contributed by atoms with Crippen LogP contribution in [-0.2, 0) is 27.2 Å². The molecule has 2 saturated heterocycles. The number of morpholine rings is 1. The molecular weight excluding hydrogens is 312 g/mol. The lowest BCUT2D eigenvalue weighted by atomic mass is 10.1. The zero-order chi connectivity index (χ0) is 16.5. The van der Waals surface area contributed by atoms with Crippen molar-refractivity contribution in [2.24, 2.45) is 0 Å². The average Bonchev–Trinajstić information content (AvgIpc) is 3.16. The Morgan fingerprint density at radius 1 is 1.21 bits per heavy atom. The number of fused-ring (bicyclic) bond motifs is 1. The van der Waals surface area contributed by atoms with Gasteiger partial charge in [0.25, 0.3) is 11.5 Å². The second-order valence-electron chi connectivity index (χ2n) is 6.43. The van der Waals surface area contributed by atoms with E-state index in [9.17, 15) is 9.59 Å². The molecule has 8 heteroatoms. The Hall–Kier alpha value is -1.93. The van der Waals surface area contributed by atoms with Crippen LogP contribution in [0.3, 0.4) is 0 Å². The van der Waals surface area contributed by atoms with Gasteiger partial charge in [-0.3, -0.25) is 14.6 Å². The van der Waals surface area contributed by atoms with Crippen LogP contribution in [0.1, 0.15) is 24.1 Å². The number of ether oxygens (including phenoxy) is 2.